The van der Waals surface area contributed by atoms with Gasteiger partial charge in [0.05, 0.1) is 0 Å². The van der Waals surface area contributed by atoms with Crippen molar-refractivity contribution in [3.63, 3.8) is 0 Å². The Morgan fingerprint density at radius 1 is 1.16 bits per heavy atom. The van der Waals surface area contributed by atoms with Gasteiger partial charge in [-0.05, 0) is 11.6 Å². The zero-order chi connectivity index (χ0) is 18.2. The highest BCUT2D eigenvalue weighted by Gasteiger charge is 2.20. The Morgan fingerprint density at radius 3 is 2.52 bits per heavy atom. The lowest BCUT2D eigenvalue weighted by atomic mass is 10.1. The van der Waals surface area contributed by atoms with Gasteiger partial charge in [-0.3, -0.25) is 4.79 Å². The summed E-state index contributed by atoms with van der Waals surface area (Å²) in [6, 6.07) is 11.7. The Bertz CT molecular complexity index is 718. The number of carbonyl (C=O) groups excluding carboxylic acids is 2. The predicted molar refractivity (Wildman–Crippen MR) is 97.1 cm³/mol. The molecule has 0 spiro atoms. The molecule has 4 N–H and O–H groups in total. The van der Waals surface area contributed by atoms with Gasteiger partial charge in [-0.2, -0.15) is 0 Å². The first-order valence-electron chi connectivity index (χ1n) is 7.96. The molecule has 25 heavy (non-hydrogen) atoms. The summed E-state index contributed by atoms with van der Waals surface area (Å²) < 4.78 is 0. The monoisotopic (exact) mass is 341 g/mol. The molecular formula is C18H23N5O2. The van der Waals surface area contributed by atoms with Gasteiger partial charge >= 0.3 is 6.03 Å². The van der Waals surface area contributed by atoms with E-state index in [4.69, 9.17) is 5.73 Å². The van der Waals surface area contributed by atoms with Crippen molar-refractivity contribution < 1.29 is 9.59 Å². The fourth-order valence-corrected chi connectivity index (χ4v) is 2.51. The maximum absolute atomic E-state index is 12.5. The van der Waals surface area contributed by atoms with Gasteiger partial charge in [0.15, 0.2) is 0 Å². The molecule has 1 heterocycles. The van der Waals surface area contributed by atoms with Crippen LogP contribution in [0.5, 0.6) is 0 Å². The molecule has 0 radical (unpaired) electrons. The molecule has 1 aromatic carbocycles. The van der Waals surface area contributed by atoms with Gasteiger partial charge < -0.3 is 21.3 Å². The highest BCUT2D eigenvalue weighted by Crippen LogP contribution is 2.14. The molecule has 0 unspecified atom stereocenters. The van der Waals surface area contributed by atoms with Crippen LogP contribution in [0, 0.1) is 0 Å². The number of carbonyl (C=O) groups is 2. The maximum Gasteiger partial charge on any atom is 0.312 e. The van der Waals surface area contributed by atoms with Crippen molar-refractivity contribution >= 4 is 17.8 Å². The molecule has 3 amide bonds. The third-order valence-electron chi connectivity index (χ3n) is 3.66. The Balaban J connectivity index is 2.05. The molecule has 0 aliphatic heterocycles. The molecule has 0 saturated carbocycles. The van der Waals surface area contributed by atoms with Crippen LogP contribution in [0.4, 0.5) is 10.6 Å². The van der Waals surface area contributed by atoms with Crippen LogP contribution >= 0.6 is 0 Å². The van der Waals surface area contributed by atoms with Crippen molar-refractivity contribution in [2.75, 3.05) is 19.0 Å². The van der Waals surface area contributed by atoms with E-state index in [2.05, 4.69) is 15.6 Å². The molecule has 7 heteroatoms. The molecular weight excluding hydrogens is 318 g/mol. The van der Waals surface area contributed by atoms with E-state index in [9.17, 15) is 9.59 Å². The SMILES string of the molecule is CN(C)c1ncccc1CNC(=O)[C@H](Cc1ccccc1)NC(N)=O. The minimum atomic E-state index is -0.737. The first-order valence-corrected chi connectivity index (χ1v) is 7.96. The van der Waals surface area contributed by atoms with Gasteiger partial charge in [-0.1, -0.05) is 36.4 Å². The number of benzene rings is 1. The number of nitrogens with one attached hydrogen (secondary N) is 2. The lowest BCUT2D eigenvalue weighted by Gasteiger charge is -2.19. The molecule has 1 aromatic heterocycles. The predicted octanol–water partition coefficient (Wildman–Crippen LogP) is 1.04. The normalized spacial score (nSPS) is 11.4. The molecule has 2 rings (SSSR count). The molecule has 0 saturated heterocycles. The van der Waals surface area contributed by atoms with Crippen LogP contribution in [0.2, 0.25) is 0 Å². The van der Waals surface area contributed by atoms with E-state index in [1.54, 1.807) is 6.20 Å². The number of urea groups is 1. The number of aromatic nitrogens is 1. The minimum absolute atomic E-state index is 0.295. The average Bonchev–Trinajstić information content (AvgIpc) is 2.59. The fourth-order valence-electron chi connectivity index (χ4n) is 2.51. The van der Waals surface area contributed by atoms with Gasteiger partial charge in [0.2, 0.25) is 5.91 Å². The van der Waals surface area contributed by atoms with E-state index in [0.717, 1.165) is 16.9 Å². The number of hydrogen-bond acceptors (Lipinski definition) is 4. The Morgan fingerprint density at radius 2 is 1.88 bits per heavy atom. The Kier molecular flexibility index (Phi) is 6.33. The van der Waals surface area contributed by atoms with E-state index < -0.39 is 12.1 Å². The summed E-state index contributed by atoms with van der Waals surface area (Å²) >= 11 is 0. The van der Waals surface area contributed by atoms with E-state index in [1.807, 2.05) is 61.5 Å². The topological polar surface area (TPSA) is 100 Å². The quantitative estimate of drug-likeness (QED) is 0.700. The van der Waals surface area contributed by atoms with Crippen LogP contribution < -0.4 is 21.3 Å². The molecule has 0 aliphatic rings. The van der Waals surface area contributed by atoms with E-state index in [-0.39, 0.29) is 5.91 Å². The van der Waals surface area contributed by atoms with E-state index in [1.165, 1.54) is 0 Å². The van der Waals surface area contributed by atoms with Crippen LogP contribution in [0.15, 0.2) is 48.7 Å². The van der Waals surface area contributed by atoms with Crippen LogP contribution in [-0.4, -0.2) is 37.1 Å². The highest BCUT2D eigenvalue weighted by molar-refractivity contribution is 5.86. The Labute approximate surface area is 147 Å². The lowest BCUT2D eigenvalue weighted by Crippen LogP contribution is -2.49. The van der Waals surface area contributed by atoms with Crippen molar-refractivity contribution in [2.24, 2.45) is 5.73 Å². The third-order valence-corrected chi connectivity index (χ3v) is 3.66. The van der Waals surface area contributed by atoms with Crippen molar-refractivity contribution in [1.82, 2.24) is 15.6 Å². The number of hydrogen-bond donors (Lipinski definition) is 3. The molecule has 0 fully saturated rings. The summed E-state index contributed by atoms with van der Waals surface area (Å²) in [6.45, 7) is 0.311. The first-order chi connectivity index (χ1) is 12.0. The summed E-state index contributed by atoms with van der Waals surface area (Å²) in [5.41, 5.74) is 7.03. The fraction of sp³-hybridized carbons (Fsp3) is 0.278. The molecule has 0 aliphatic carbocycles. The highest BCUT2D eigenvalue weighted by atomic mass is 16.2. The van der Waals surface area contributed by atoms with E-state index >= 15 is 0 Å². The van der Waals surface area contributed by atoms with Crippen LogP contribution in [-0.2, 0) is 17.8 Å². The minimum Gasteiger partial charge on any atom is -0.362 e. The number of nitrogens with two attached hydrogens (primary N) is 1. The van der Waals surface area contributed by atoms with Crippen LogP contribution in [0.25, 0.3) is 0 Å². The summed E-state index contributed by atoms with van der Waals surface area (Å²) in [5, 5.41) is 5.35. The molecule has 7 nitrogen and oxygen atoms in total. The zero-order valence-corrected chi connectivity index (χ0v) is 14.4. The third kappa shape index (κ3) is 5.49. The number of nitrogens with zero attached hydrogens (tertiary/aromatic N) is 2. The standard InChI is InChI=1S/C18H23N5O2/c1-23(2)16-14(9-6-10-20-16)12-21-17(24)15(22-18(19)25)11-13-7-4-3-5-8-13/h3-10,15H,11-12H2,1-2H3,(H,21,24)(H3,19,22,25)/t15-/m0/s1. The summed E-state index contributed by atoms with van der Waals surface area (Å²) in [5.74, 6) is 0.487. The van der Waals surface area contributed by atoms with Gasteiger partial charge in [0, 0.05) is 38.8 Å². The average molecular weight is 341 g/mol. The number of amides is 3. The summed E-state index contributed by atoms with van der Waals surface area (Å²) in [4.78, 5) is 29.9. The second-order valence-corrected chi connectivity index (χ2v) is 5.85. The van der Waals surface area contributed by atoms with Crippen molar-refractivity contribution in [1.29, 1.82) is 0 Å². The molecule has 1 atom stereocenters. The second-order valence-electron chi connectivity index (χ2n) is 5.85. The first kappa shape index (κ1) is 18.3. The number of anilines is 1. The van der Waals surface area contributed by atoms with E-state index in [0.29, 0.717) is 13.0 Å². The summed E-state index contributed by atoms with van der Waals surface area (Å²) in [6.07, 6.45) is 2.07. The van der Waals surface area contributed by atoms with Gasteiger partial charge in [0.25, 0.3) is 0 Å². The van der Waals surface area contributed by atoms with Crippen molar-refractivity contribution in [2.45, 2.75) is 19.0 Å². The van der Waals surface area contributed by atoms with Gasteiger partial charge in [-0.15, -0.1) is 0 Å². The molecule has 0 bridgehead atoms. The smallest absolute Gasteiger partial charge is 0.312 e. The van der Waals surface area contributed by atoms with Crippen molar-refractivity contribution in [3.05, 3.63) is 59.8 Å². The number of pyridine rings is 1. The van der Waals surface area contributed by atoms with Crippen LogP contribution in [0.3, 0.4) is 0 Å². The lowest BCUT2D eigenvalue weighted by molar-refractivity contribution is -0.123. The Hall–Kier alpha value is -3.09. The van der Waals surface area contributed by atoms with Gasteiger partial charge in [-0.25, -0.2) is 9.78 Å². The molecule has 132 valence electrons. The zero-order valence-electron chi connectivity index (χ0n) is 14.4. The van der Waals surface area contributed by atoms with Crippen molar-refractivity contribution in [3.8, 4) is 0 Å². The summed E-state index contributed by atoms with van der Waals surface area (Å²) in [7, 11) is 3.78. The second kappa shape index (κ2) is 8.68. The number of primary amides is 1. The maximum atomic E-state index is 12.5. The van der Waals surface area contributed by atoms with Crippen LogP contribution in [0.1, 0.15) is 11.1 Å². The van der Waals surface area contributed by atoms with Gasteiger partial charge in [0.1, 0.15) is 11.9 Å². The largest absolute Gasteiger partial charge is 0.362 e. The molecule has 2 aromatic rings. The number of rotatable bonds is 7.